The van der Waals surface area contributed by atoms with E-state index in [0.717, 1.165) is 0 Å². The van der Waals surface area contributed by atoms with Gasteiger partial charge in [0.15, 0.2) is 0 Å². The molecule has 0 aromatic heterocycles. The average Bonchev–Trinajstić information content (AvgIpc) is 2.03. The molecule has 0 aromatic carbocycles. The number of hydrogen-bond acceptors (Lipinski definition) is 3. The van der Waals surface area contributed by atoms with Crippen LogP contribution in [0, 0.1) is 11.8 Å². The van der Waals surface area contributed by atoms with E-state index < -0.39 is 5.97 Å². The molecule has 78 valence electrons. The Balaban J connectivity index is 0. The number of carbonyl (C=O) groups excluding carboxylic acids is 1. The van der Waals surface area contributed by atoms with E-state index in [0.29, 0.717) is 0 Å². The second-order valence-electron chi connectivity index (χ2n) is 3.17. The van der Waals surface area contributed by atoms with Crippen molar-refractivity contribution in [1.29, 1.82) is 0 Å². The summed E-state index contributed by atoms with van der Waals surface area (Å²) in [6.07, 6.45) is 0. The van der Waals surface area contributed by atoms with Crippen molar-refractivity contribution in [2.75, 3.05) is 7.11 Å². The van der Waals surface area contributed by atoms with Gasteiger partial charge in [-0.15, -0.1) is 0 Å². The monoisotopic (exact) mass is 190 g/mol. The lowest BCUT2D eigenvalue weighted by Gasteiger charge is -1.97. The smallest absolute Gasteiger partial charge is 0.308 e. The highest BCUT2D eigenvalue weighted by molar-refractivity contribution is 5.71. The molecule has 0 rings (SSSR count). The lowest BCUT2D eigenvalue weighted by atomic mass is 10.2. The van der Waals surface area contributed by atoms with E-state index in [1.165, 1.54) is 7.11 Å². The number of carbonyl (C=O) groups is 2. The van der Waals surface area contributed by atoms with Gasteiger partial charge in [-0.2, -0.15) is 0 Å². The summed E-state index contributed by atoms with van der Waals surface area (Å²) in [5, 5.41) is 7.99. The lowest BCUT2D eigenvalue weighted by molar-refractivity contribution is -0.144. The lowest BCUT2D eigenvalue weighted by Crippen LogP contribution is -2.07. The first kappa shape index (κ1) is 14.5. The highest BCUT2D eigenvalue weighted by atomic mass is 16.5. The van der Waals surface area contributed by atoms with Crippen molar-refractivity contribution < 1.29 is 19.4 Å². The summed E-state index contributed by atoms with van der Waals surface area (Å²) >= 11 is 0. The molecule has 4 heteroatoms. The maximum Gasteiger partial charge on any atom is 0.308 e. The molecule has 0 aliphatic rings. The van der Waals surface area contributed by atoms with Crippen molar-refractivity contribution in [1.82, 2.24) is 0 Å². The standard InChI is InChI=1S/C5H10O2.C4H8O2/c1-4(2)5(6)7-3;1-3(2)4(5)6/h4H,1-3H3;3H,1-2H3,(H,5,6). The molecule has 0 bridgehead atoms. The second-order valence-corrected chi connectivity index (χ2v) is 3.17. The van der Waals surface area contributed by atoms with E-state index in [1.807, 2.05) is 0 Å². The topological polar surface area (TPSA) is 63.6 Å². The van der Waals surface area contributed by atoms with Gasteiger partial charge < -0.3 is 9.84 Å². The Morgan fingerprint density at radius 1 is 1.08 bits per heavy atom. The average molecular weight is 190 g/mol. The largest absolute Gasteiger partial charge is 0.481 e. The number of ether oxygens (including phenoxy) is 1. The van der Waals surface area contributed by atoms with Crippen LogP contribution in [-0.2, 0) is 14.3 Å². The van der Waals surface area contributed by atoms with Crippen molar-refractivity contribution in [2.24, 2.45) is 11.8 Å². The minimum atomic E-state index is -0.741. The summed E-state index contributed by atoms with van der Waals surface area (Å²) in [5.74, 6) is -1.12. The Labute approximate surface area is 78.9 Å². The van der Waals surface area contributed by atoms with Crippen LogP contribution in [0.25, 0.3) is 0 Å². The third-order valence-electron chi connectivity index (χ3n) is 1.17. The zero-order chi connectivity index (χ0) is 11.0. The molecule has 0 radical (unpaired) electrons. The molecule has 0 unspecified atom stereocenters. The minimum absolute atomic E-state index is 0.00463. The SMILES string of the molecule is CC(C)C(=O)O.COC(=O)C(C)C. The number of rotatable bonds is 2. The van der Waals surface area contributed by atoms with Crippen LogP contribution in [0.15, 0.2) is 0 Å². The van der Waals surface area contributed by atoms with Crippen molar-refractivity contribution >= 4 is 11.9 Å². The predicted octanol–water partition coefficient (Wildman–Crippen LogP) is 1.54. The summed E-state index contributed by atoms with van der Waals surface area (Å²) in [6.45, 7) is 6.88. The van der Waals surface area contributed by atoms with E-state index in [-0.39, 0.29) is 17.8 Å². The molecule has 0 saturated heterocycles. The molecule has 0 atom stereocenters. The first-order valence-corrected chi connectivity index (χ1v) is 4.13. The summed E-state index contributed by atoms with van der Waals surface area (Å²) in [7, 11) is 1.39. The zero-order valence-corrected chi connectivity index (χ0v) is 8.83. The van der Waals surface area contributed by atoms with Crippen molar-refractivity contribution in [3.63, 3.8) is 0 Å². The van der Waals surface area contributed by atoms with E-state index in [9.17, 15) is 9.59 Å². The Kier molecular flexibility index (Phi) is 8.44. The molecule has 0 fully saturated rings. The van der Waals surface area contributed by atoms with Crippen LogP contribution in [-0.4, -0.2) is 24.2 Å². The van der Waals surface area contributed by atoms with Crippen molar-refractivity contribution in [2.45, 2.75) is 27.7 Å². The molecule has 0 aliphatic carbocycles. The van der Waals surface area contributed by atoms with Crippen LogP contribution in [0.2, 0.25) is 0 Å². The van der Waals surface area contributed by atoms with Gasteiger partial charge in [0.25, 0.3) is 0 Å². The molecule has 0 spiro atoms. The fourth-order valence-corrected chi connectivity index (χ4v) is 0.236. The normalized spacial score (nSPS) is 9.15. The Morgan fingerprint density at radius 2 is 1.38 bits per heavy atom. The highest BCUT2D eigenvalue weighted by Gasteiger charge is 2.03. The maximum absolute atomic E-state index is 10.3. The van der Waals surface area contributed by atoms with Gasteiger partial charge in [0.2, 0.25) is 0 Å². The Hall–Kier alpha value is -1.06. The predicted molar refractivity (Wildman–Crippen MR) is 49.3 cm³/mol. The van der Waals surface area contributed by atoms with Crippen LogP contribution >= 0.6 is 0 Å². The minimum Gasteiger partial charge on any atom is -0.481 e. The molecule has 4 nitrogen and oxygen atoms in total. The molecule has 0 saturated carbocycles. The van der Waals surface area contributed by atoms with Gasteiger partial charge in [0, 0.05) is 0 Å². The number of esters is 1. The summed E-state index contributed by atoms with van der Waals surface area (Å²) in [4.78, 5) is 20.0. The van der Waals surface area contributed by atoms with Gasteiger partial charge in [-0.3, -0.25) is 9.59 Å². The summed E-state index contributed by atoms with van der Waals surface area (Å²) in [5.41, 5.74) is 0. The van der Waals surface area contributed by atoms with Crippen LogP contribution < -0.4 is 0 Å². The molecular weight excluding hydrogens is 172 g/mol. The first-order chi connectivity index (χ1) is 5.82. The van der Waals surface area contributed by atoms with Gasteiger partial charge in [0.1, 0.15) is 0 Å². The zero-order valence-electron chi connectivity index (χ0n) is 8.83. The van der Waals surface area contributed by atoms with Gasteiger partial charge >= 0.3 is 11.9 Å². The van der Waals surface area contributed by atoms with E-state index in [2.05, 4.69) is 4.74 Å². The number of methoxy groups -OCH3 is 1. The molecule has 0 heterocycles. The van der Waals surface area contributed by atoms with E-state index in [4.69, 9.17) is 5.11 Å². The van der Waals surface area contributed by atoms with Gasteiger partial charge in [0.05, 0.1) is 18.9 Å². The quantitative estimate of drug-likeness (QED) is 0.671. The molecule has 0 aromatic rings. The van der Waals surface area contributed by atoms with Crippen molar-refractivity contribution in [3.05, 3.63) is 0 Å². The fraction of sp³-hybridized carbons (Fsp3) is 0.778. The van der Waals surface area contributed by atoms with E-state index in [1.54, 1.807) is 27.7 Å². The molecule has 0 amide bonds. The highest BCUT2D eigenvalue weighted by Crippen LogP contribution is 1.91. The van der Waals surface area contributed by atoms with Crippen LogP contribution in [0.5, 0.6) is 0 Å². The van der Waals surface area contributed by atoms with Crippen molar-refractivity contribution in [3.8, 4) is 0 Å². The van der Waals surface area contributed by atoms with Crippen LogP contribution in [0.3, 0.4) is 0 Å². The molecular formula is C9H18O4. The Morgan fingerprint density at radius 3 is 1.38 bits per heavy atom. The third-order valence-corrected chi connectivity index (χ3v) is 1.17. The summed E-state index contributed by atoms with van der Waals surface area (Å²) < 4.78 is 4.37. The molecule has 13 heavy (non-hydrogen) atoms. The van der Waals surface area contributed by atoms with Gasteiger partial charge in [-0.25, -0.2) is 0 Å². The number of aliphatic carboxylic acids is 1. The third kappa shape index (κ3) is 10.9. The second kappa shape index (κ2) is 7.58. The van der Waals surface area contributed by atoms with Crippen LogP contribution in [0.4, 0.5) is 0 Å². The number of carboxylic acid groups (broad SMARTS) is 1. The fourth-order valence-electron chi connectivity index (χ4n) is 0.236. The molecule has 0 aliphatic heterocycles. The Bertz CT molecular complexity index is 161. The van der Waals surface area contributed by atoms with E-state index >= 15 is 0 Å². The molecule has 1 N–H and O–H groups in total. The summed E-state index contributed by atoms with van der Waals surface area (Å²) in [6, 6.07) is 0. The maximum atomic E-state index is 10.3. The van der Waals surface area contributed by atoms with Gasteiger partial charge in [-0.05, 0) is 0 Å². The van der Waals surface area contributed by atoms with Crippen LogP contribution in [0.1, 0.15) is 27.7 Å². The number of carboxylic acids is 1. The first-order valence-electron chi connectivity index (χ1n) is 4.13. The van der Waals surface area contributed by atoms with Gasteiger partial charge in [-0.1, -0.05) is 27.7 Å². The number of hydrogen-bond donors (Lipinski definition) is 1.